The highest BCUT2D eigenvalue weighted by molar-refractivity contribution is 7.89. The lowest BCUT2D eigenvalue weighted by atomic mass is 10.0. The zero-order valence-electron chi connectivity index (χ0n) is 13.5. The molecule has 24 heavy (non-hydrogen) atoms. The summed E-state index contributed by atoms with van der Waals surface area (Å²) in [5.41, 5.74) is 5.33. The Hall–Kier alpha value is -1.75. The molecule has 1 saturated heterocycles. The lowest BCUT2D eigenvalue weighted by molar-refractivity contribution is -0.386. The highest BCUT2D eigenvalue weighted by atomic mass is 32.2. The van der Waals surface area contributed by atoms with Crippen LogP contribution in [-0.4, -0.2) is 57.1 Å². The molecule has 1 aliphatic heterocycles. The Kier molecular flexibility index (Phi) is 5.75. The number of nitrogens with zero attached hydrogens (tertiary/aromatic N) is 2. The molecule has 2 atom stereocenters. The number of rotatable bonds is 6. The summed E-state index contributed by atoms with van der Waals surface area (Å²) < 4.78 is 37.3. The van der Waals surface area contributed by atoms with Crippen LogP contribution in [0.3, 0.4) is 0 Å². The summed E-state index contributed by atoms with van der Waals surface area (Å²) in [6.45, 7) is 0.403. The van der Waals surface area contributed by atoms with Gasteiger partial charge in [-0.05, 0) is 25.0 Å². The van der Waals surface area contributed by atoms with E-state index in [-0.39, 0.29) is 29.8 Å². The zero-order chi connectivity index (χ0) is 17.9. The molecule has 0 saturated carbocycles. The van der Waals surface area contributed by atoms with E-state index in [1.807, 2.05) is 0 Å². The maximum Gasteiger partial charge on any atom is 0.312 e. The van der Waals surface area contributed by atoms with E-state index in [1.54, 1.807) is 7.11 Å². The van der Waals surface area contributed by atoms with Crippen molar-refractivity contribution in [2.24, 2.45) is 5.73 Å². The van der Waals surface area contributed by atoms with Crippen molar-refractivity contribution in [3.8, 4) is 5.75 Å². The monoisotopic (exact) mass is 359 g/mol. The third-order valence-electron chi connectivity index (χ3n) is 4.17. The van der Waals surface area contributed by atoms with Crippen LogP contribution in [0.4, 0.5) is 5.69 Å². The minimum Gasteiger partial charge on any atom is -0.490 e. The van der Waals surface area contributed by atoms with Gasteiger partial charge in [0.15, 0.2) is 5.75 Å². The Balaban J connectivity index is 2.39. The second kappa shape index (κ2) is 7.43. The van der Waals surface area contributed by atoms with Gasteiger partial charge in [0.1, 0.15) is 0 Å². The number of hydrogen-bond donors (Lipinski definition) is 1. The topological polar surface area (TPSA) is 125 Å². The first kappa shape index (κ1) is 18.6. The maximum absolute atomic E-state index is 12.9. The largest absolute Gasteiger partial charge is 0.490 e. The summed E-state index contributed by atoms with van der Waals surface area (Å²) in [5.74, 6) is 0.00687. The minimum atomic E-state index is -3.90. The quantitative estimate of drug-likeness (QED) is 0.586. The third-order valence-corrected chi connectivity index (χ3v) is 6.12. The Morgan fingerprint density at radius 1 is 1.42 bits per heavy atom. The van der Waals surface area contributed by atoms with Gasteiger partial charge in [-0.15, -0.1) is 0 Å². The molecule has 0 amide bonds. The molecule has 9 nitrogen and oxygen atoms in total. The lowest BCUT2D eigenvalue weighted by Gasteiger charge is -2.37. The average Bonchev–Trinajstić information content (AvgIpc) is 2.60. The maximum atomic E-state index is 12.9. The number of nitro groups is 1. The molecule has 1 heterocycles. The molecule has 0 bridgehead atoms. The molecular formula is C14H21N3O6S. The van der Waals surface area contributed by atoms with Gasteiger partial charge < -0.3 is 15.2 Å². The fourth-order valence-electron chi connectivity index (χ4n) is 2.85. The second-order valence-corrected chi connectivity index (χ2v) is 7.37. The minimum absolute atomic E-state index is 0.00687. The normalized spacial score (nSPS) is 22.3. The molecule has 2 unspecified atom stereocenters. The van der Waals surface area contributed by atoms with Crippen LogP contribution in [-0.2, 0) is 14.8 Å². The van der Waals surface area contributed by atoms with Crippen molar-refractivity contribution in [2.75, 3.05) is 27.3 Å². The number of benzene rings is 1. The number of piperidine rings is 1. The molecule has 1 aromatic carbocycles. The smallest absolute Gasteiger partial charge is 0.312 e. The highest BCUT2D eigenvalue weighted by Crippen LogP contribution is 2.32. The molecule has 0 spiro atoms. The SMILES string of the molecule is COc1ccc(S(=O)(=O)N2CCC(OC)CC2CN)cc1[N+](=O)[O-]. The molecule has 0 aliphatic carbocycles. The first-order valence-electron chi connectivity index (χ1n) is 7.42. The van der Waals surface area contributed by atoms with Gasteiger partial charge in [-0.2, -0.15) is 4.31 Å². The van der Waals surface area contributed by atoms with Gasteiger partial charge in [-0.25, -0.2) is 8.42 Å². The fourth-order valence-corrected chi connectivity index (χ4v) is 4.53. The number of hydrogen-bond acceptors (Lipinski definition) is 7. The van der Waals surface area contributed by atoms with Crippen molar-refractivity contribution in [2.45, 2.75) is 29.9 Å². The van der Waals surface area contributed by atoms with Crippen molar-refractivity contribution in [3.05, 3.63) is 28.3 Å². The molecule has 2 N–H and O–H groups in total. The van der Waals surface area contributed by atoms with E-state index in [2.05, 4.69) is 0 Å². The molecule has 2 rings (SSSR count). The van der Waals surface area contributed by atoms with E-state index in [4.69, 9.17) is 15.2 Å². The number of nitrogens with two attached hydrogens (primary N) is 1. The standard InChI is InChI=1S/C14H21N3O6S/c1-22-11-5-6-16(10(7-11)9-15)24(20,21)12-3-4-14(23-2)13(8-12)17(18)19/h3-4,8,10-11H,5-7,9,15H2,1-2H3. The summed E-state index contributed by atoms with van der Waals surface area (Å²) in [7, 11) is -1.03. The van der Waals surface area contributed by atoms with E-state index < -0.39 is 26.7 Å². The van der Waals surface area contributed by atoms with Gasteiger partial charge in [0.25, 0.3) is 0 Å². The molecular weight excluding hydrogens is 338 g/mol. The summed E-state index contributed by atoms with van der Waals surface area (Å²) in [6, 6.07) is 3.20. The molecule has 10 heteroatoms. The molecule has 0 aromatic heterocycles. The van der Waals surface area contributed by atoms with Crippen LogP contribution in [0.1, 0.15) is 12.8 Å². The van der Waals surface area contributed by atoms with Crippen molar-refractivity contribution < 1.29 is 22.8 Å². The van der Waals surface area contributed by atoms with Gasteiger partial charge in [-0.1, -0.05) is 0 Å². The van der Waals surface area contributed by atoms with Crippen molar-refractivity contribution in [3.63, 3.8) is 0 Å². The van der Waals surface area contributed by atoms with Gasteiger partial charge in [0.05, 0.1) is 23.0 Å². The van der Waals surface area contributed by atoms with E-state index >= 15 is 0 Å². The number of sulfonamides is 1. The second-order valence-electron chi connectivity index (χ2n) is 5.48. The van der Waals surface area contributed by atoms with Gasteiger partial charge in [0.2, 0.25) is 10.0 Å². The Labute approximate surface area is 140 Å². The summed E-state index contributed by atoms with van der Waals surface area (Å²) in [5, 5.41) is 11.1. The first-order valence-corrected chi connectivity index (χ1v) is 8.86. The molecule has 1 aliphatic rings. The van der Waals surface area contributed by atoms with E-state index in [9.17, 15) is 18.5 Å². The highest BCUT2D eigenvalue weighted by Gasteiger charge is 2.37. The van der Waals surface area contributed by atoms with Gasteiger partial charge in [0, 0.05) is 32.3 Å². The fraction of sp³-hybridized carbons (Fsp3) is 0.571. The summed E-state index contributed by atoms with van der Waals surface area (Å²) >= 11 is 0. The number of ether oxygens (including phenoxy) is 2. The van der Waals surface area contributed by atoms with Crippen LogP contribution >= 0.6 is 0 Å². The predicted molar refractivity (Wildman–Crippen MR) is 86.4 cm³/mol. The third kappa shape index (κ3) is 3.51. The number of nitro benzene ring substituents is 1. The van der Waals surface area contributed by atoms with Crippen molar-refractivity contribution >= 4 is 15.7 Å². The first-order chi connectivity index (χ1) is 11.3. The van der Waals surface area contributed by atoms with E-state index in [0.717, 1.165) is 6.07 Å². The van der Waals surface area contributed by atoms with Gasteiger partial charge in [-0.3, -0.25) is 10.1 Å². The van der Waals surface area contributed by atoms with Crippen LogP contribution in [0.5, 0.6) is 5.75 Å². The molecule has 1 fully saturated rings. The predicted octanol–water partition coefficient (Wildman–Crippen LogP) is 0.730. The van der Waals surface area contributed by atoms with E-state index in [0.29, 0.717) is 12.8 Å². The van der Waals surface area contributed by atoms with Crippen LogP contribution in [0.15, 0.2) is 23.1 Å². The Morgan fingerprint density at radius 3 is 2.67 bits per heavy atom. The molecule has 0 radical (unpaired) electrons. The average molecular weight is 359 g/mol. The zero-order valence-corrected chi connectivity index (χ0v) is 14.4. The summed E-state index contributed by atoms with van der Waals surface area (Å²) in [4.78, 5) is 10.3. The van der Waals surface area contributed by atoms with Crippen LogP contribution in [0, 0.1) is 10.1 Å². The number of methoxy groups -OCH3 is 2. The Bertz CT molecular complexity index is 708. The van der Waals surface area contributed by atoms with Gasteiger partial charge >= 0.3 is 5.69 Å². The molecule has 1 aromatic rings. The van der Waals surface area contributed by atoms with Crippen LogP contribution in [0.25, 0.3) is 0 Å². The summed E-state index contributed by atoms with van der Waals surface area (Å²) in [6.07, 6.45) is 0.991. The van der Waals surface area contributed by atoms with E-state index in [1.165, 1.54) is 23.5 Å². The Morgan fingerprint density at radius 2 is 2.12 bits per heavy atom. The van der Waals surface area contributed by atoms with Crippen LogP contribution in [0.2, 0.25) is 0 Å². The van der Waals surface area contributed by atoms with Crippen molar-refractivity contribution in [1.29, 1.82) is 0 Å². The van der Waals surface area contributed by atoms with Crippen molar-refractivity contribution in [1.82, 2.24) is 4.31 Å². The molecule has 134 valence electrons. The van der Waals surface area contributed by atoms with Crippen LogP contribution < -0.4 is 10.5 Å². The lowest BCUT2D eigenvalue weighted by Crippen LogP contribution is -2.51.